The Morgan fingerprint density at radius 2 is 1.91 bits per heavy atom. The maximum absolute atomic E-state index is 5.79. The fourth-order valence-electron chi connectivity index (χ4n) is 4.77. The number of fused-ring (bicyclic) bond motifs is 2. The zero-order chi connectivity index (χ0) is 22.0. The number of rotatable bonds is 5. The number of anilines is 1. The summed E-state index contributed by atoms with van der Waals surface area (Å²) in [5.41, 5.74) is 5.76. The van der Waals surface area contributed by atoms with E-state index in [4.69, 9.17) is 14.7 Å². The first-order chi connectivity index (χ1) is 16.4. The second kappa shape index (κ2) is 8.94. The van der Waals surface area contributed by atoms with Gasteiger partial charge in [-0.25, -0.2) is 4.98 Å². The molecular formula is C26H28N6O. The Labute approximate surface area is 193 Å². The Hall–Kier alpha value is -3.26. The molecule has 0 aliphatic carbocycles. The van der Waals surface area contributed by atoms with E-state index in [1.807, 2.05) is 6.07 Å². The van der Waals surface area contributed by atoms with Crippen LogP contribution in [-0.2, 0) is 24.2 Å². The van der Waals surface area contributed by atoms with Gasteiger partial charge in [-0.3, -0.25) is 4.57 Å². The molecule has 7 heteroatoms. The average molecular weight is 441 g/mol. The Morgan fingerprint density at radius 1 is 1.03 bits per heavy atom. The van der Waals surface area contributed by atoms with Crippen LogP contribution in [0.1, 0.15) is 28.6 Å². The highest BCUT2D eigenvalue weighted by atomic mass is 16.5. The minimum Gasteiger partial charge on any atom is -0.378 e. The van der Waals surface area contributed by atoms with Gasteiger partial charge in [0.25, 0.3) is 0 Å². The van der Waals surface area contributed by atoms with Crippen molar-refractivity contribution >= 4 is 16.7 Å². The number of para-hydroxylation sites is 1. The molecule has 0 amide bonds. The normalized spacial score (nSPS) is 18.2. The Kier molecular flexibility index (Phi) is 5.51. The molecule has 3 N–H and O–H groups in total. The molecule has 0 radical (unpaired) electrons. The van der Waals surface area contributed by atoms with Crippen molar-refractivity contribution in [1.29, 1.82) is 0 Å². The van der Waals surface area contributed by atoms with Crippen molar-refractivity contribution in [3.63, 3.8) is 0 Å². The number of hydrogen-bond donors (Lipinski definition) is 3. The Bertz CT molecular complexity index is 1260. The summed E-state index contributed by atoms with van der Waals surface area (Å²) in [6.07, 6.45) is 0.893. The lowest BCUT2D eigenvalue weighted by molar-refractivity contribution is 0.0752. The Morgan fingerprint density at radius 3 is 2.79 bits per heavy atom. The van der Waals surface area contributed by atoms with E-state index in [1.54, 1.807) is 0 Å². The van der Waals surface area contributed by atoms with Crippen LogP contribution in [0.3, 0.4) is 0 Å². The number of nitrogens with one attached hydrogen (secondary N) is 3. The second-order valence-corrected chi connectivity index (χ2v) is 8.61. The van der Waals surface area contributed by atoms with Crippen LogP contribution in [-0.4, -0.2) is 40.8 Å². The molecule has 0 saturated carbocycles. The van der Waals surface area contributed by atoms with Crippen molar-refractivity contribution in [2.75, 3.05) is 31.6 Å². The summed E-state index contributed by atoms with van der Waals surface area (Å²) in [5.74, 6) is 1.62. The monoisotopic (exact) mass is 440 g/mol. The summed E-state index contributed by atoms with van der Waals surface area (Å²) in [6.45, 7) is 4.66. The smallest absolute Gasteiger partial charge is 0.236 e. The second-order valence-electron chi connectivity index (χ2n) is 8.61. The molecule has 2 aromatic heterocycles. The van der Waals surface area contributed by atoms with E-state index in [0.717, 1.165) is 73.4 Å². The fraction of sp³-hybridized carbons (Fsp3) is 0.308. The van der Waals surface area contributed by atoms with Crippen molar-refractivity contribution in [1.82, 2.24) is 25.2 Å². The molecule has 4 aromatic rings. The summed E-state index contributed by atoms with van der Waals surface area (Å²) < 4.78 is 7.99. The number of morpholine rings is 1. The van der Waals surface area contributed by atoms with Gasteiger partial charge in [0.05, 0.1) is 30.5 Å². The molecular weight excluding hydrogens is 412 g/mol. The van der Waals surface area contributed by atoms with Gasteiger partial charge in [-0.2, -0.15) is 4.98 Å². The molecule has 2 aliphatic heterocycles. The first-order valence-electron chi connectivity index (χ1n) is 11.7. The van der Waals surface area contributed by atoms with Gasteiger partial charge in [-0.1, -0.05) is 48.5 Å². The van der Waals surface area contributed by atoms with Crippen molar-refractivity contribution < 1.29 is 4.74 Å². The molecule has 2 aliphatic rings. The highest BCUT2D eigenvalue weighted by Crippen LogP contribution is 2.30. The number of hydrogen-bond acceptors (Lipinski definition) is 6. The SMILES string of the molecule is c1ccc(CNc2nc(-n3c(C4COCCN4)cc4ccccc43)nc3c2CNCC3)cc1. The van der Waals surface area contributed by atoms with Gasteiger partial charge in [0.2, 0.25) is 5.95 Å². The maximum Gasteiger partial charge on any atom is 0.236 e. The van der Waals surface area contributed by atoms with Gasteiger partial charge in [0.1, 0.15) is 5.82 Å². The highest BCUT2D eigenvalue weighted by molar-refractivity contribution is 5.83. The largest absolute Gasteiger partial charge is 0.378 e. The molecule has 0 spiro atoms. The zero-order valence-electron chi connectivity index (χ0n) is 18.6. The van der Waals surface area contributed by atoms with Crippen LogP contribution < -0.4 is 16.0 Å². The van der Waals surface area contributed by atoms with Crippen LogP contribution in [0, 0.1) is 0 Å². The minimum absolute atomic E-state index is 0.105. The van der Waals surface area contributed by atoms with Crippen molar-refractivity contribution in [2.45, 2.75) is 25.6 Å². The first kappa shape index (κ1) is 20.4. The predicted octanol–water partition coefficient (Wildman–Crippen LogP) is 3.34. The molecule has 1 unspecified atom stereocenters. The van der Waals surface area contributed by atoms with Crippen molar-refractivity contribution in [2.24, 2.45) is 0 Å². The lowest BCUT2D eigenvalue weighted by atomic mass is 10.1. The highest BCUT2D eigenvalue weighted by Gasteiger charge is 2.25. The fourth-order valence-corrected chi connectivity index (χ4v) is 4.77. The van der Waals surface area contributed by atoms with E-state index in [1.165, 1.54) is 10.9 Å². The Balaban J connectivity index is 1.46. The van der Waals surface area contributed by atoms with E-state index in [0.29, 0.717) is 6.61 Å². The molecule has 1 saturated heterocycles. The van der Waals surface area contributed by atoms with Crippen LogP contribution in [0.2, 0.25) is 0 Å². The van der Waals surface area contributed by atoms with Crippen LogP contribution in [0.4, 0.5) is 5.82 Å². The van der Waals surface area contributed by atoms with E-state index >= 15 is 0 Å². The summed E-state index contributed by atoms with van der Waals surface area (Å²) in [6, 6.07) is 21.2. The number of aromatic nitrogens is 3. The molecule has 168 valence electrons. The maximum atomic E-state index is 5.79. The van der Waals surface area contributed by atoms with Crippen molar-refractivity contribution in [3.05, 3.63) is 83.2 Å². The van der Waals surface area contributed by atoms with Crippen molar-refractivity contribution in [3.8, 4) is 5.95 Å². The first-order valence-corrected chi connectivity index (χ1v) is 11.7. The number of ether oxygens (including phenoxy) is 1. The summed E-state index contributed by atoms with van der Waals surface area (Å²) >= 11 is 0. The zero-order valence-corrected chi connectivity index (χ0v) is 18.6. The lowest BCUT2D eigenvalue weighted by Crippen LogP contribution is -2.36. The third-order valence-corrected chi connectivity index (χ3v) is 6.44. The quantitative estimate of drug-likeness (QED) is 0.442. The number of nitrogens with zero attached hydrogens (tertiary/aromatic N) is 3. The molecule has 6 rings (SSSR count). The minimum atomic E-state index is 0.105. The third kappa shape index (κ3) is 3.99. The molecule has 0 bridgehead atoms. The van der Waals surface area contributed by atoms with Crippen LogP contribution in [0.15, 0.2) is 60.7 Å². The lowest BCUT2D eigenvalue weighted by Gasteiger charge is -2.26. The topological polar surface area (TPSA) is 76.0 Å². The van der Waals surface area contributed by atoms with E-state index in [-0.39, 0.29) is 6.04 Å². The van der Waals surface area contributed by atoms with Gasteiger partial charge in [0, 0.05) is 49.2 Å². The molecule has 7 nitrogen and oxygen atoms in total. The van der Waals surface area contributed by atoms with Gasteiger partial charge in [-0.15, -0.1) is 0 Å². The molecule has 1 fully saturated rings. The summed E-state index contributed by atoms with van der Waals surface area (Å²) in [7, 11) is 0. The van der Waals surface area contributed by atoms with E-state index < -0.39 is 0 Å². The summed E-state index contributed by atoms with van der Waals surface area (Å²) in [5, 5.41) is 11.9. The molecule has 33 heavy (non-hydrogen) atoms. The van der Waals surface area contributed by atoms with Crippen LogP contribution >= 0.6 is 0 Å². The average Bonchev–Trinajstić information content (AvgIpc) is 3.28. The van der Waals surface area contributed by atoms with E-state index in [2.05, 4.69) is 75.1 Å². The van der Waals surface area contributed by atoms with Gasteiger partial charge < -0.3 is 20.7 Å². The van der Waals surface area contributed by atoms with Crippen LogP contribution in [0.25, 0.3) is 16.9 Å². The summed E-state index contributed by atoms with van der Waals surface area (Å²) in [4.78, 5) is 10.2. The predicted molar refractivity (Wildman–Crippen MR) is 130 cm³/mol. The van der Waals surface area contributed by atoms with Gasteiger partial charge >= 0.3 is 0 Å². The van der Waals surface area contributed by atoms with Crippen LogP contribution in [0.5, 0.6) is 0 Å². The number of benzene rings is 2. The molecule has 2 aromatic carbocycles. The van der Waals surface area contributed by atoms with Gasteiger partial charge in [0.15, 0.2) is 0 Å². The molecule has 1 atom stereocenters. The molecule has 4 heterocycles. The standard InChI is InChI=1S/C26H28N6O/c1-2-6-18(7-3-1)15-29-25-20-16-27-11-10-21(20)30-26(31-25)32-23-9-5-4-8-19(23)14-24(32)22-17-33-13-12-28-22/h1-9,14,22,27-28H,10-13,15-17H2,(H,29,30,31). The third-order valence-electron chi connectivity index (χ3n) is 6.44. The van der Waals surface area contributed by atoms with E-state index in [9.17, 15) is 0 Å². The van der Waals surface area contributed by atoms with Gasteiger partial charge in [-0.05, 0) is 17.7 Å².